The summed E-state index contributed by atoms with van der Waals surface area (Å²) in [6, 6.07) is 9.92. The number of hydrogen-bond acceptors (Lipinski definition) is 5. The molecule has 0 atom stereocenters. The molecule has 0 radical (unpaired) electrons. The summed E-state index contributed by atoms with van der Waals surface area (Å²) in [5.74, 6) is 0. The van der Waals surface area contributed by atoms with E-state index >= 15 is 0 Å². The number of hydrogen-bond donors (Lipinski definition) is 1. The second kappa shape index (κ2) is 5.24. The first-order chi connectivity index (χ1) is 9.33. The maximum absolute atomic E-state index is 4.35. The molecule has 3 aromatic rings. The van der Waals surface area contributed by atoms with Crippen LogP contribution in [0.2, 0.25) is 0 Å². The van der Waals surface area contributed by atoms with Gasteiger partial charge in [-0.2, -0.15) is 0 Å². The summed E-state index contributed by atoms with van der Waals surface area (Å²) in [5.41, 5.74) is 3.84. The molecule has 2 heterocycles. The van der Waals surface area contributed by atoms with Crippen LogP contribution in [0.4, 0.5) is 5.69 Å². The minimum Gasteiger partial charge on any atom is -0.322 e. The van der Waals surface area contributed by atoms with Crippen molar-refractivity contribution in [1.82, 2.24) is 15.0 Å². The summed E-state index contributed by atoms with van der Waals surface area (Å²) in [6.07, 6.45) is 5.25. The second-order valence-corrected chi connectivity index (χ2v) is 4.93. The molecule has 19 heavy (non-hydrogen) atoms. The zero-order chi connectivity index (χ0) is 13.1. The number of benzene rings is 1. The van der Waals surface area contributed by atoms with Crippen molar-refractivity contribution in [3.63, 3.8) is 0 Å². The second-order valence-electron chi connectivity index (χ2n) is 4.11. The van der Waals surface area contributed by atoms with Crippen molar-refractivity contribution < 1.29 is 0 Å². The van der Waals surface area contributed by atoms with E-state index in [2.05, 4.69) is 19.7 Å². The van der Waals surface area contributed by atoms with E-state index in [0.717, 1.165) is 27.3 Å². The van der Waals surface area contributed by atoms with Gasteiger partial charge in [-0.25, -0.2) is 4.98 Å². The summed E-state index contributed by atoms with van der Waals surface area (Å²) >= 11 is 1.47. The SMILES string of the molecule is Cc1ccc(SNc2cccc3nccnc23)nc1. The predicted octanol–water partition coefficient (Wildman–Crippen LogP) is 3.45. The van der Waals surface area contributed by atoms with Crippen LogP contribution in [0.25, 0.3) is 11.0 Å². The highest BCUT2D eigenvalue weighted by Crippen LogP contribution is 2.24. The van der Waals surface area contributed by atoms with Gasteiger partial charge in [0.15, 0.2) is 0 Å². The Hall–Kier alpha value is -2.14. The van der Waals surface area contributed by atoms with Crippen molar-refractivity contribution in [3.05, 3.63) is 54.5 Å². The van der Waals surface area contributed by atoms with Crippen LogP contribution in [0.1, 0.15) is 5.56 Å². The number of pyridine rings is 1. The Morgan fingerprint density at radius 2 is 1.89 bits per heavy atom. The summed E-state index contributed by atoms with van der Waals surface area (Å²) in [4.78, 5) is 13.0. The first kappa shape index (κ1) is 11.9. The lowest BCUT2D eigenvalue weighted by Gasteiger charge is -2.07. The van der Waals surface area contributed by atoms with Gasteiger partial charge in [0, 0.05) is 30.5 Å². The number of rotatable bonds is 3. The standard InChI is InChI=1S/C14H12N4S/c1-10-5-6-13(17-9-10)19-18-12-4-2-3-11-14(12)16-8-7-15-11/h2-9,18H,1H3. The largest absolute Gasteiger partial charge is 0.322 e. The minimum absolute atomic E-state index is 0.865. The lowest BCUT2D eigenvalue weighted by Crippen LogP contribution is -1.92. The maximum Gasteiger partial charge on any atom is 0.117 e. The summed E-state index contributed by atoms with van der Waals surface area (Å²) in [7, 11) is 0. The third kappa shape index (κ3) is 2.66. The van der Waals surface area contributed by atoms with E-state index in [-0.39, 0.29) is 0 Å². The number of aryl methyl sites for hydroxylation is 1. The Kier molecular flexibility index (Phi) is 3.29. The van der Waals surface area contributed by atoms with E-state index in [1.54, 1.807) is 12.4 Å². The molecule has 0 bridgehead atoms. The molecule has 0 unspecified atom stereocenters. The van der Waals surface area contributed by atoms with Gasteiger partial charge in [0.25, 0.3) is 0 Å². The molecule has 3 rings (SSSR count). The zero-order valence-electron chi connectivity index (χ0n) is 10.4. The Balaban J connectivity index is 1.84. The van der Waals surface area contributed by atoms with Crippen molar-refractivity contribution in [2.75, 3.05) is 4.72 Å². The van der Waals surface area contributed by atoms with E-state index in [0.29, 0.717) is 0 Å². The normalized spacial score (nSPS) is 10.6. The summed E-state index contributed by atoms with van der Waals surface area (Å²) in [5, 5.41) is 0.923. The molecule has 0 spiro atoms. The van der Waals surface area contributed by atoms with E-state index in [1.807, 2.05) is 43.5 Å². The fourth-order valence-electron chi connectivity index (χ4n) is 1.70. The zero-order valence-corrected chi connectivity index (χ0v) is 11.2. The van der Waals surface area contributed by atoms with Gasteiger partial charge in [-0.3, -0.25) is 9.97 Å². The van der Waals surface area contributed by atoms with Gasteiger partial charge in [-0.05, 0) is 30.7 Å². The number of fused-ring (bicyclic) bond motifs is 1. The highest BCUT2D eigenvalue weighted by atomic mass is 32.2. The molecular weight excluding hydrogens is 256 g/mol. The lowest BCUT2D eigenvalue weighted by atomic mass is 10.2. The Labute approximate surface area is 115 Å². The van der Waals surface area contributed by atoms with Crippen molar-refractivity contribution in [2.24, 2.45) is 0 Å². The molecule has 0 saturated carbocycles. The molecule has 4 nitrogen and oxygen atoms in total. The number of nitrogens with zero attached hydrogens (tertiary/aromatic N) is 3. The Bertz CT molecular complexity index is 692. The molecule has 5 heteroatoms. The van der Waals surface area contributed by atoms with E-state index in [4.69, 9.17) is 0 Å². The molecular formula is C14H12N4S. The van der Waals surface area contributed by atoms with Crippen molar-refractivity contribution in [3.8, 4) is 0 Å². The number of anilines is 1. The third-order valence-electron chi connectivity index (χ3n) is 2.65. The summed E-state index contributed by atoms with van der Waals surface area (Å²) < 4.78 is 3.28. The lowest BCUT2D eigenvalue weighted by molar-refractivity contribution is 1.11. The molecule has 0 amide bonds. The smallest absolute Gasteiger partial charge is 0.117 e. The van der Waals surface area contributed by atoms with Gasteiger partial charge in [-0.15, -0.1) is 0 Å². The Morgan fingerprint density at radius 1 is 1.00 bits per heavy atom. The van der Waals surface area contributed by atoms with E-state index < -0.39 is 0 Å². The van der Waals surface area contributed by atoms with Crippen molar-refractivity contribution in [1.29, 1.82) is 0 Å². The van der Waals surface area contributed by atoms with Crippen molar-refractivity contribution >= 4 is 28.7 Å². The van der Waals surface area contributed by atoms with Crippen LogP contribution >= 0.6 is 11.9 Å². The van der Waals surface area contributed by atoms with Crippen LogP contribution in [0.15, 0.2) is 53.9 Å². The highest BCUT2D eigenvalue weighted by Gasteiger charge is 2.03. The monoisotopic (exact) mass is 268 g/mol. The van der Waals surface area contributed by atoms with Crippen LogP contribution in [-0.4, -0.2) is 15.0 Å². The molecule has 1 aromatic carbocycles. The molecule has 0 fully saturated rings. The fourth-order valence-corrected chi connectivity index (χ4v) is 2.32. The number of para-hydroxylation sites is 1. The van der Waals surface area contributed by atoms with Gasteiger partial charge in [0.05, 0.1) is 11.2 Å². The third-order valence-corrected chi connectivity index (χ3v) is 3.42. The average Bonchev–Trinajstić information content (AvgIpc) is 2.47. The molecule has 2 aromatic heterocycles. The quantitative estimate of drug-likeness (QED) is 0.737. The molecule has 94 valence electrons. The van der Waals surface area contributed by atoms with Gasteiger partial charge in [-0.1, -0.05) is 12.1 Å². The first-order valence-electron chi connectivity index (χ1n) is 5.88. The topological polar surface area (TPSA) is 50.7 Å². The Morgan fingerprint density at radius 3 is 2.74 bits per heavy atom. The molecule has 0 saturated heterocycles. The number of aromatic nitrogens is 3. The maximum atomic E-state index is 4.35. The van der Waals surface area contributed by atoms with Gasteiger partial charge in [0.1, 0.15) is 10.5 Å². The summed E-state index contributed by atoms with van der Waals surface area (Å²) in [6.45, 7) is 2.02. The molecule has 0 aliphatic rings. The van der Waals surface area contributed by atoms with Crippen LogP contribution < -0.4 is 4.72 Å². The van der Waals surface area contributed by atoms with E-state index in [9.17, 15) is 0 Å². The van der Waals surface area contributed by atoms with Crippen molar-refractivity contribution in [2.45, 2.75) is 11.9 Å². The predicted molar refractivity (Wildman–Crippen MR) is 78.0 cm³/mol. The fraction of sp³-hybridized carbons (Fsp3) is 0.0714. The van der Waals surface area contributed by atoms with Crippen LogP contribution in [0.3, 0.4) is 0 Å². The van der Waals surface area contributed by atoms with Crippen LogP contribution in [-0.2, 0) is 0 Å². The van der Waals surface area contributed by atoms with E-state index in [1.165, 1.54) is 11.9 Å². The van der Waals surface area contributed by atoms with Crippen LogP contribution in [0.5, 0.6) is 0 Å². The van der Waals surface area contributed by atoms with Gasteiger partial charge in [0.2, 0.25) is 0 Å². The molecule has 1 N–H and O–H groups in total. The van der Waals surface area contributed by atoms with Gasteiger partial charge < -0.3 is 4.72 Å². The molecule has 0 aliphatic carbocycles. The highest BCUT2D eigenvalue weighted by molar-refractivity contribution is 8.00. The minimum atomic E-state index is 0.865. The average molecular weight is 268 g/mol. The number of nitrogens with one attached hydrogen (secondary N) is 1. The first-order valence-corrected chi connectivity index (χ1v) is 6.70. The molecule has 0 aliphatic heterocycles. The van der Waals surface area contributed by atoms with Crippen LogP contribution in [0, 0.1) is 6.92 Å². The van der Waals surface area contributed by atoms with Gasteiger partial charge >= 0.3 is 0 Å².